The van der Waals surface area contributed by atoms with E-state index < -0.39 is 11.5 Å². The number of hydrogen-bond donors (Lipinski definition) is 2. The highest BCUT2D eigenvalue weighted by Crippen LogP contribution is 2.14. The van der Waals surface area contributed by atoms with Crippen LogP contribution in [0.4, 0.5) is 0 Å². The van der Waals surface area contributed by atoms with E-state index in [9.17, 15) is 14.4 Å². The number of aromatic nitrogens is 2. The van der Waals surface area contributed by atoms with Gasteiger partial charge in [-0.2, -0.15) is 0 Å². The fourth-order valence-electron chi connectivity index (χ4n) is 2.36. The average molecular weight is 356 g/mol. The molecule has 26 heavy (non-hydrogen) atoms. The van der Waals surface area contributed by atoms with Crippen LogP contribution in [0, 0.1) is 6.92 Å². The standard InChI is InChI=1S/C19H24N4O3/c1-4-5-10-20-16(24)12-23(3)19(26)15-11-21-17(22-18(15)25)14-8-6-13(2)7-9-14/h6-9,11H,4-5,10,12H2,1-3H3,(H,20,24)(H,21,22,25). The van der Waals surface area contributed by atoms with Crippen LogP contribution in [0.5, 0.6) is 0 Å². The number of amides is 2. The number of aromatic amines is 1. The molecule has 0 fully saturated rings. The topological polar surface area (TPSA) is 95.2 Å². The lowest BCUT2D eigenvalue weighted by atomic mass is 10.1. The largest absolute Gasteiger partial charge is 0.355 e. The molecule has 0 saturated carbocycles. The van der Waals surface area contributed by atoms with Crippen LogP contribution in [0.15, 0.2) is 35.3 Å². The molecule has 0 aliphatic rings. The van der Waals surface area contributed by atoms with Gasteiger partial charge in [0.15, 0.2) is 0 Å². The number of carbonyl (C=O) groups is 2. The summed E-state index contributed by atoms with van der Waals surface area (Å²) in [5.74, 6) is -0.402. The fourth-order valence-corrected chi connectivity index (χ4v) is 2.36. The Kier molecular flexibility index (Phi) is 6.66. The Morgan fingerprint density at radius 3 is 2.54 bits per heavy atom. The molecule has 0 aliphatic heterocycles. The quantitative estimate of drug-likeness (QED) is 0.739. The maximum Gasteiger partial charge on any atom is 0.264 e. The van der Waals surface area contributed by atoms with Crippen molar-refractivity contribution in [1.82, 2.24) is 20.2 Å². The molecule has 2 aromatic rings. The molecule has 2 rings (SSSR count). The lowest BCUT2D eigenvalue weighted by Crippen LogP contribution is -2.40. The number of unbranched alkanes of at least 4 members (excludes halogenated alkanes) is 1. The van der Waals surface area contributed by atoms with Gasteiger partial charge >= 0.3 is 0 Å². The van der Waals surface area contributed by atoms with Gasteiger partial charge in [0.1, 0.15) is 11.4 Å². The molecule has 138 valence electrons. The van der Waals surface area contributed by atoms with Crippen molar-refractivity contribution in [3.63, 3.8) is 0 Å². The molecular formula is C19H24N4O3. The predicted molar refractivity (Wildman–Crippen MR) is 99.9 cm³/mol. The normalized spacial score (nSPS) is 10.4. The summed E-state index contributed by atoms with van der Waals surface area (Å²) >= 11 is 0. The van der Waals surface area contributed by atoms with Crippen LogP contribution in [-0.2, 0) is 4.79 Å². The van der Waals surface area contributed by atoms with Gasteiger partial charge in [-0.15, -0.1) is 0 Å². The molecule has 0 bridgehead atoms. The molecule has 7 nitrogen and oxygen atoms in total. The van der Waals surface area contributed by atoms with Gasteiger partial charge < -0.3 is 15.2 Å². The first-order chi connectivity index (χ1) is 12.4. The van der Waals surface area contributed by atoms with E-state index in [1.807, 2.05) is 38.1 Å². The Morgan fingerprint density at radius 2 is 1.92 bits per heavy atom. The van der Waals surface area contributed by atoms with Gasteiger partial charge in [0.2, 0.25) is 5.91 Å². The van der Waals surface area contributed by atoms with Gasteiger partial charge in [-0.05, 0) is 13.3 Å². The number of rotatable bonds is 7. The minimum absolute atomic E-state index is 0.0929. The highest BCUT2D eigenvalue weighted by molar-refractivity contribution is 5.95. The monoisotopic (exact) mass is 356 g/mol. The number of carbonyl (C=O) groups excluding carboxylic acids is 2. The van der Waals surface area contributed by atoms with E-state index >= 15 is 0 Å². The summed E-state index contributed by atoms with van der Waals surface area (Å²) in [4.78, 5) is 44.5. The smallest absolute Gasteiger partial charge is 0.264 e. The zero-order valence-electron chi connectivity index (χ0n) is 15.3. The first-order valence-electron chi connectivity index (χ1n) is 8.61. The van der Waals surface area contributed by atoms with E-state index in [1.54, 1.807) is 0 Å². The van der Waals surface area contributed by atoms with E-state index in [1.165, 1.54) is 18.1 Å². The molecule has 0 unspecified atom stereocenters. The number of nitrogens with one attached hydrogen (secondary N) is 2. The molecule has 0 saturated heterocycles. The van der Waals surface area contributed by atoms with Crippen LogP contribution in [0.2, 0.25) is 0 Å². The number of hydrogen-bond acceptors (Lipinski definition) is 4. The molecular weight excluding hydrogens is 332 g/mol. The van der Waals surface area contributed by atoms with Gasteiger partial charge in [0.05, 0.1) is 6.54 Å². The molecule has 2 amide bonds. The van der Waals surface area contributed by atoms with Crippen LogP contribution in [-0.4, -0.2) is 46.8 Å². The number of benzene rings is 1. The van der Waals surface area contributed by atoms with Gasteiger partial charge in [-0.25, -0.2) is 4.98 Å². The van der Waals surface area contributed by atoms with Gasteiger partial charge in [-0.3, -0.25) is 14.4 Å². The summed E-state index contributed by atoms with van der Waals surface area (Å²) in [7, 11) is 1.48. The Hall–Kier alpha value is -2.96. The minimum Gasteiger partial charge on any atom is -0.355 e. The molecule has 0 atom stereocenters. The van der Waals surface area contributed by atoms with Crippen LogP contribution in [0.25, 0.3) is 11.4 Å². The molecule has 1 aromatic carbocycles. The minimum atomic E-state index is -0.542. The maximum atomic E-state index is 12.4. The number of nitrogens with zero attached hydrogens (tertiary/aromatic N) is 2. The lowest BCUT2D eigenvalue weighted by Gasteiger charge is -2.16. The van der Waals surface area contributed by atoms with Crippen molar-refractivity contribution >= 4 is 11.8 Å². The highest BCUT2D eigenvalue weighted by Gasteiger charge is 2.18. The van der Waals surface area contributed by atoms with Crippen molar-refractivity contribution in [3.8, 4) is 11.4 Å². The molecule has 0 aliphatic carbocycles. The number of H-pyrrole nitrogens is 1. The third-order valence-corrected chi connectivity index (χ3v) is 3.93. The third-order valence-electron chi connectivity index (χ3n) is 3.93. The number of aryl methyl sites for hydroxylation is 1. The van der Waals surface area contributed by atoms with Crippen molar-refractivity contribution < 1.29 is 9.59 Å². The van der Waals surface area contributed by atoms with E-state index in [4.69, 9.17) is 0 Å². The van der Waals surface area contributed by atoms with Crippen LogP contribution in [0.1, 0.15) is 35.7 Å². The Morgan fingerprint density at radius 1 is 1.23 bits per heavy atom. The maximum absolute atomic E-state index is 12.4. The fraction of sp³-hybridized carbons (Fsp3) is 0.368. The molecule has 1 heterocycles. The Bertz CT molecular complexity index is 827. The van der Waals surface area contributed by atoms with Crippen molar-refractivity contribution in [2.45, 2.75) is 26.7 Å². The van der Waals surface area contributed by atoms with Crippen LogP contribution < -0.4 is 10.9 Å². The van der Waals surface area contributed by atoms with Crippen LogP contribution >= 0.6 is 0 Å². The summed E-state index contributed by atoms with van der Waals surface area (Å²) in [5, 5.41) is 2.74. The molecule has 0 radical (unpaired) electrons. The second-order valence-corrected chi connectivity index (χ2v) is 6.21. The van der Waals surface area contributed by atoms with E-state index in [-0.39, 0.29) is 18.0 Å². The lowest BCUT2D eigenvalue weighted by molar-refractivity contribution is -0.121. The predicted octanol–water partition coefficient (Wildman–Crippen LogP) is 1.73. The second kappa shape index (κ2) is 8.94. The molecule has 1 aromatic heterocycles. The summed E-state index contributed by atoms with van der Waals surface area (Å²) < 4.78 is 0. The Balaban J connectivity index is 2.08. The summed E-state index contributed by atoms with van der Waals surface area (Å²) in [6, 6.07) is 7.53. The van der Waals surface area contributed by atoms with Crippen LogP contribution in [0.3, 0.4) is 0 Å². The molecule has 2 N–H and O–H groups in total. The van der Waals surface area contributed by atoms with Crippen molar-refractivity contribution in [1.29, 1.82) is 0 Å². The van der Waals surface area contributed by atoms with Gasteiger partial charge in [0.25, 0.3) is 11.5 Å². The van der Waals surface area contributed by atoms with E-state index in [0.29, 0.717) is 12.4 Å². The van der Waals surface area contributed by atoms with Gasteiger partial charge in [-0.1, -0.05) is 43.2 Å². The van der Waals surface area contributed by atoms with E-state index in [0.717, 1.165) is 24.0 Å². The Labute approximate surface area is 152 Å². The van der Waals surface area contributed by atoms with E-state index in [2.05, 4.69) is 15.3 Å². The zero-order chi connectivity index (χ0) is 19.1. The summed E-state index contributed by atoms with van der Waals surface area (Å²) in [6.45, 7) is 4.46. The van der Waals surface area contributed by atoms with Crippen molar-refractivity contribution in [2.75, 3.05) is 20.1 Å². The molecule has 0 spiro atoms. The zero-order valence-corrected chi connectivity index (χ0v) is 15.3. The average Bonchev–Trinajstić information content (AvgIpc) is 2.62. The highest BCUT2D eigenvalue weighted by atomic mass is 16.2. The number of likely N-dealkylation sites (N-methyl/N-ethyl adjacent to an activating group) is 1. The van der Waals surface area contributed by atoms with Crippen molar-refractivity contribution in [3.05, 3.63) is 51.9 Å². The second-order valence-electron chi connectivity index (χ2n) is 6.21. The summed E-state index contributed by atoms with van der Waals surface area (Å²) in [5.41, 5.74) is 1.24. The summed E-state index contributed by atoms with van der Waals surface area (Å²) in [6.07, 6.45) is 3.11. The third kappa shape index (κ3) is 5.02. The van der Waals surface area contributed by atoms with Gasteiger partial charge in [0, 0.05) is 25.4 Å². The molecule has 7 heteroatoms. The first-order valence-corrected chi connectivity index (χ1v) is 8.61. The van der Waals surface area contributed by atoms with Crippen molar-refractivity contribution in [2.24, 2.45) is 0 Å². The SMILES string of the molecule is CCCCNC(=O)CN(C)C(=O)c1cnc(-c2ccc(C)cc2)[nH]c1=O. The first kappa shape index (κ1) is 19.4.